The van der Waals surface area contributed by atoms with Crippen molar-refractivity contribution >= 4 is 0 Å². The number of rotatable bonds is 18. The van der Waals surface area contributed by atoms with Gasteiger partial charge in [-0.05, 0) is 0 Å². The normalized spacial score (nSPS) is 47.0. The summed E-state index contributed by atoms with van der Waals surface area (Å²) >= 11 is 0. The van der Waals surface area contributed by atoms with Gasteiger partial charge in [-0.15, -0.1) is 0 Å². The van der Waals surface area contributed by atoms with Crippen molar-refractivity contribution in [2.45, 2.75) is 368 Å². The molecule has 0 amide bonds. The Balaban J connectivity index is 0.000000785. The van der Waals surface area contributed by atoms with Crippen molar-refractivity contribution in [2.75, 3.05) is 79.3 Å². The van der Waals surface area contributed by atoms with E-state index in [4.69, 9.17) is 306 Å². The minimum atomic E-state index is -1.57. The van der Waals surface area contributed by atoms with Gasteiger partial charge in [-0.1, -0.05) is 0 Å². The lowest BCUT2D eigenvalue weighted by molar-refractivity contribution is -0.286. The maximum Gasteiger partial charge on any atom is 0.184 e. The van der Waals surface area contributed by atoms with Crippen LogP contribution >= 0.6 is 0 Å². The molecule has 0 radical (unpaired) electrons. The van der Waals surface area contributed by atoms with Crippen molar-refractivity contribution < 1.29 is 363 Å². The van der Waals surface area contributed by atoms with E-state index < -0.39 is 448 Å². The highest BCUT2D eigenvalue weighted by atomic mass is 16.7. The number of aliphatic hydroxyl groups is 60. The van der Waals surface area contributed by atoms with Crippen LogP contribution in [0.3, 0.4) is 0 Å². The van der Waals surface area contributed by atoms with Gasteiger partial charge in [-0.3, -0.25) is 0 Å². The van der Waals surface area contributed by atoms with Crippen molar-refractivity contribution in [3.8, 4) is 0 Å². The zero-order valence-electron chi connectivity index (χ0n) is 74.9. The van der Waals surface area contributed by atoms with Gasteiger partial charge in [0.1, 0.15) is 293 Å². The molecule has 0 aromatic carbocycles. The van der Waals surface area contributed by atoms with E-state index in [1.165, 1.54) is 0 Å². The fraction of sp³-hybridized carbons (Fsp3) is 1.00. The van der Waals surface area contributed by atoms with Crippen LogP contribution in [0, 0.1) is 0 Å². The molecule has 864 valence electrons. The van der Waals surface area contributed by atoms with E-state index in [0.29, 0.717) is 0 Å². The van der Waals surface area contributed by atoms with E-state index in [-0.39, 0.29) is 0 Å². The third-order valence-electron chi connectivity index (χ3n) is 22.3. The molecule has 144 heavy (non-hydrogen) atoms. The Morgan fingerprint density at radius 3 is 0.264 bits per heavy atom. The maximum absolute atomic E-state index is 9.12. The second-order valence-corrected chi connectivity index (χ2v) is 32.7. The second-order valence-electron chi connectivity index (χ2n) is 32.7. The first-order valence-electron chi connectivity index (χ1n) is 42.7. The van der Waals surface area contributed by atoms with Crippen LogP contribution < -0.4 is 0 Å². The molecule has 12 aliphatic rings. The summed E-state index contributed by atoms with van der Waals surface area (Å²) in [5.74, 6) is 0. The molecular formula is C72H144O72. The number of ether oxygens (including phenoxy) is 12. The average molecular weight is 2160 g/mol. The third kappa shape index (κ3) is 38.9. The summed E-state index contributed by atoms with van der Waals surface area (Å²) < 4.78 is 55.0. The van der Waals surface area contributed by atoms with Crippen LogP contribution in [0.25, 0.3) is 0 Å². The zero-order chi connectivity index (χ0) is 112. The first-order chi connectivity index (χ1) is 66.9. The van der Waals surface area contributed by atoms with Crippen molar-refractivity contribution in [1.82, 2.24) is 0 Å². The molecule has 12 unspecified atom stereocenters. The highest BCUT2D eigenvalue weighted by Crippen LogP contribution is 2.31. The van der Waals surface area contributed by atoms with Crippen LogP contribution in [0.2, 0.25) is 0 Å². The second kappa shape index (κ2) is 67.0. The van der Waals surface area contributed by atoms with E-state index in [9.17, 15) is 0 Å². The lowest BCUT2D eigenvalue weighted by Gasteiger charge is -2.37. The van der Waals surface area contributed by atoms with Gasteiger partial charge in [-0.25, -0.2) is 0 Å². The molecule has 0 aliphatic carbocycles. The van der Waals surface area contributed by atoms with Crippen molar-refractivity contribution in [3.05, 3.63) is 0 Å². The Labute approximate surface area is 809 Å². The molecular weight excluding hydrogens is 2020 g/mol. The molecule has 72 heteroatoms. The Morgan fingerprint density at radius 2 is 0.194 bits per heavy atom. The summed E-state index contributed by atoms with van der Waals surface area (Å²) in [5, 5.41) is 535. The van der Waals surface area contributed by atoms with Crippen LogP contribution in [0.4, 0.5) is 0 Å². The minimum absolute atomic E-state index is 0.526. The highest BCUT2D eigenvalue weighted by Gasteiger charge is 2.54. The van der Waals surface area contributed by atoms with Gasteiger partial charge in [0.15, 0.2) is 75.5 Å². The van der Waals surface area contributed by atoms with Crippen LogP contribution in [-0.4, -0.2) is 754 Å². The predicted molar refractivity (Wildman–Crippen MR) is 432 cm³/mol. The fourth-order valence-corrected chi connectivity index (χ4v) is 13.1. The van der Waals surface area contributed by atoms with Crippen molar-refractivity contribution in [1.29, 1.82) is 0 Å². The topological polar surface area (TPSA) is 1320 Å². The van der Waals surface area contributed by atoms with Crippen LogP contribution in [0.15, 0.2) is 0 Å². The molecule has 60 atom stereocenters. The molecule has 60 N–H and O–H groups in total. The Kier molecular flexibility index (Phi) is 64.8. The van der Waals surface area contributed by atoms with Crippen molar-refractivity contribution in [3.63, 3.8) is 0 Å². The Morgan fingerprint density at radius 1 is 0.111 bits per heavy atom. The summed E-state index contributed by atoms with van der Waals surface area (Å²) in [4.78, 5) is 0. The summed E-state index contributed by atoms with van der Waals surface area (Å²) in [6.45, 7) is -6.73. The van der Waals surface area contributed by atoms with Gasteiger partial charge in [0.2, 0.25) is 0 Å². The van der Waals surface area contributed by atoms with E-state index >= 15 is 0 Å². The number of hydrogen-bond donors (Lipinski definition) is 60. The standard InChI is InChI=1S/12C6H12O6/c6*7-1-2(8)5-3(9)4(10)6(11)12-5;6*7-1-2-3(8)4(9)5(10)6(11)12-2/h12*2-11H,1H2/t2-,3+,4+,5+,6+;2-,3+,4+,5+,6-;2-,3+,4-,5+,6+;2-,3+,4-,5+,6-;2-,3-,4-,5-,6+;2-,3-,4-,5-,6-;3*2?,3-,4+,5?,6+;3*2?,3-,4+,5?,6-/m111111100100/s1. The monoisotopic (exact) mass is 2160 g/mol. The van der Waals surface area contributed by atoms with Crippen LogP contribution in [0.1, 0.15) is 0 Å². The summed E-state index contributed by atoms with van der Waals surface area (Å²) in [7, 11) is 0. The molecule has 0 spiro atoms. The molecule has 12 heterocycles. The van der Waals surface area contributed by atoms with Gasteiger partial charge in [0.25, 0.3) is 0 Å². The number of hydrogen-bond acceptors (Lipinski definition) is 72. The minimum Gasteiger partial charge on any atom is -0.394 e. The van der Waals surface area contributed by atoms with Gasteiger partial charge in [0, 0.05) is 0 Å². The van der Waals surface area contributed by atoms with Gasteiger partial charge < -0.3 is 363 Å². The first-order valence-corrected chi connectivity index (χ1v) is 42.7. The summed E-state index contributed by atoms with van der Waals surface area (Å²) in [6, 6.07) is 0. The largest absolute Gasteiger partial charge is 0.394 e. The van der Waals surface area contributed by atoms with E-state index in [1.54, 1.807) is 0 Å². The highest BCUT2D eigenvalue weighted by molar-refractivity contribution is 4.98. The predicted octanol–water partition coefficient (Wildman–Crippen LogP) is -38.7. The van der Waals surface area contributed by atoms with Gasteiger partial charge in [-0.2, -0.15) is 0 Å². The zero-order valence-corrected chi connectivity index (χ0v) is 74.9. The Hall–Kier alpha value is -2.88. The molecule has 12 fully saturated rings. The average Bonchev–Trinajstić information content (AvgIpc) is 1.78. The molecule has 12 rings (SSSR count). The van der Waals surface area contributed by atoms with E-state index in [2.05, 4.69) is 56.8 Å². The molecule has 0 bridgehead atoms. The fourth-order valence-electron chi connectivity index (χ4n) is 13.1. The number of aliphatic hydroxyl groups excluding tert-OH is 60. The van der Waals surface area contributed by atoms with Crippen LogP contribution in [-0.2, 0) is 56.8 Å². The van der Waals surface area contributed by atoms with Crippen LogP contribution in [0.5, 0.6) is 0 Å². The van der Waals surface area contributed by atoms with E-state index in [0.717, 1.165) is 0 Å². The molecule has 72 nitrogen and oxygen atoms in total. The molecule has 0 aromatic heterocycles. The summed E-state index contributed by atoms with van der Waals surface area (Å²) in [5.41, 5.74) is 0. The lowest BCUT2D eigenvalue weighted by Crippen LogP contribution is -2.58. The lowest BCUT2D eigenvalue weighted by atomic mass is 10.00. The van der Waals surface area contributed by atoms with Gasteiger partial charge in [0.05, 0.1) is 79.3 Å². The third-order valence-corrected chi connectivity index (χ3v) is 22.3. The summed E-state index contributed by atoms with van der Waals surface area (Å²) in [6.07, 6.45) is -82.8. The SMILES string of the molecule is OCC1O[C@@H](O)C(O)[C@@H](O)[C@@H]1O.OCC1O[C@@H](O)C(O)[C@H](O)[C@H]1O.OCC1O[C@@H](O)C(O)[C@H](O)[C@H]1O.OCC1O[C@H](O)C(O)[C@@H](O)[C@@H]1O.OCC1O[C@H](O)C(O)[C@H](O)[C@H]1O.OCC1O[C@H](O)C(O)[C@H](O)[C@H]1O.OC[C@@H](O)[C@@H]1O[C@@H](O)[C@@H](O)[C@@H]1O.OC[C@@H](O)[C@@H]1O[C@@H](O)[C@H](O)[C@@H]1O.OC[C@@H](O)[C@@H]1O[C@H](O)[C@@H](O)[C@@H]1O.OC[C@@H](O)[C@@H]1O[C@H](O)[C@H](O)[C@@H]1O.OC[C@@H](O)[C@H]1O[C@@H](O)[C@H](O)[C@H]1O.OC[C@@H](O)[C@H]1O[C@H](O)[C@H](O)[C@H]1O. The first kappa shape index (κ1) is 139. The van der Waals surface area contributed by atoms with Gasteiger partial charge >= 0.3 is 0 Å². The molecule has 12 aliphatic heterocycles. The van der Waals surface area contributed by atoms with E-state index in [1.807, 2.05) is 0 Å². The molecule has 12 saturated heterocycles. The Bertz CT molecular complexity index is 2720. The van der Waals surface area contributed by atoms with Crippen molar-refractivity contribution in [2.24, 2.45) is 0 Å². The molecule has 0 saturated carbocycles. The smallest absolute Gasteiger partial charge is 0.184 e. The quantitative estimate of drug-likeness (QED) is 0.0606. The maximum atomic E-state index is 9.12. The molecule has 0 aromatic rings.